The molecule has 2 fully saturated rings. The molecular formula is C10H17NO3. The number of nitrogens with one attached hydrogen (secondary N) is 1. The summed E-state index contributed by atoms with van der Waals surface area (Å²) in [6.45, 7) is 1.54. The van der Waals surface area contributed by atoms with Crippen LogP contribution < -0.4 is 5.32 Å². The van der Waals surface area contributed by atoms with E-state index in [-0.39, 0.29) is 12.0 Å². The van der Waals surface area contributed by atoms with Gasteiger partial charge in [-0.15, -0.1) is 0 Å². The zero-order valence-corrected chi connectivity index (χ0v) is 8.33. The molecule has 1 heterocycles. The van der Waals surface area contributed by atoms with Gasteiger partial charge in [0.15, 0.2) is 6.10 Å². The molecule has 2 rings (SSSR count). The first kappa shape index (κ1) is 9.93. The number of carbonyl (C=O) groups is 1. The second-order valence-electron chi connectivity index (χ2n) is 3.92. The van der Waals surface area contributed by atoms with Crippen LogP contribution >= 0.6 is 0 Å². The lowest BCUT2D eigenvalue weighted by Crippen LogP contribution is -2.45. The van der Waals surface area contributed by atoms with Gasteiger partial charge >= 0.3 is 0 Å². The number of amides is 1. The second kappa shape index (κ2) is 4.75. The first-order valence-electron chi connectivity index (χ1n) is 5.36. The van der Waals surface area contributed by atoms with Crippen molar-refractivity contribution < 1.29 is 14.3 Å². The molecule has 1 atom stereocenters. The van der Waals surface area contributed by atoms with Crippen LogP contribution in [-0.4, -0.2) is 37.9 Å². The van der Waals surface area contributed by atoms with Crippen LogP contribution in [0.1, 0.15) is 25.7 Å². The highest BCUT2D eigenvalue weighted by atomic mass is 16.6. The SMILES string of the molecule is O=C(NC1CCCC1)C1COCCO1. The van der Waals surface area contributed by atoms with Crippen molar-refractivity contribution >= 4 is 5.91 Å². The summed E-state index contributed by atoms with van der Waals surface area (Å²) in [5, 5.41) is 3.00. The highest BCUT2D eigenvalue weighted by molar-refractivity contribution is 5.81. The molecule has 0 aromatic rings. The molecule has 1 amide bonds. The molecule has 14 heavy (non-hydrogen) atoms. The van der Waals surface area contributed by atoms with Gasteiger partial charge in [-0.3, -0.25) is 4.79 Å². The maximum atomic E-state index is 11.6. The van der Waals surface area contributed by atoms with Crippen LogP contribution in [0.2, 0.25) is 0 Å². The smallest absolute Gasteiger partial charge is 0.251 e. The van der Waals surface area contributed by atoms with Crippen molar-refractivity contribution in [2.45, 2.75) is 37.8 Å². The minimum absolute atomic E-state index is 0.00315. The van der Waals surface area contributed by atoms with Crippen molar-refractivity contribution in [2.24, 2.45) is 0 Å². The Morgan fingerprint density at radius 1 is 1.21 bits per heavy atom. The van der Waals surface area contributed by atoms with E-state index in [0.717, 1.165) is 12.8 Å². The Labute approximate surface area is 84.0 Å². The second-order valence-corrected chi connectivity index (χ2v) is 3.92. The molecule has 0 bridgehead atoms. The van der Waals surface area contributed by atoms with Gasteiger partial charge in [0.2, 0.25) is 0 Å². The lowest BCUT2D eigenvalue weighted by atomic mass is 10.2. The predicted molar refractivity (Wildman–Crippen MR) is 51.0 cm³/mol. The van der Waals surface area contributed by atoms with Gasteiger partial charge in [-0.1, -0.05) is 12.8 Å². The Kier molecular flexibility index (Phi) is 3.37. The van der Waals surface area contributed by atoms with Crippen molar-refractivity contribution in [3.8, 4) is 0 Å². The first-order valence-corrected chi connectivity index (χ1v) is 5.36. The first-order chi connectivity index (χ1) is 6.86. The van der Waals surface area contributed by atoms with Crippen LogP contribution in [-0.2, 0) is 14.3 Å². The van der Waals surface area contributed by atoms with Gasteiger partial charge in [0.05, 0.1) is 19.8 Å². The van der Waals surface area contributed by atoms with Crippen molar-refractivity contribution in [1.82, 2.24) is 5.32 Å². The number of hydrogen-bond donors (Lipinski definition) is 1. The molecular weight excluding hydrogens is 182 g/mol. The van der Waals surface area contributed by atoms with Gasteiger partial charge in [-0.05, 0) is 12.8 Å². The van der Waals surface area contributed by atoms with E-state index in [2.05, 4.69) is 5.32 Å². The maximum absolute atomic E-state index is 11.6. The summed E-state index contributed by atoms with van der Waals surface area (Å²) in [7, 11) is 0. The quantitative estimate of drug-likeness (QED) is 0.703. The molecule has 2 aliphatic rings. The fraction of sp³-hybridized carbons (Fsp3) is 0.900. The van der Waals surface area contributed by atoms with E-state index in [9.17, 15) is 4.79 Å². The topological polar surface area (TPSA) is 47.6 Å². The molecule has 80 valence electrons. The van der Waals surface area contributed by atoms with Crippen LogP contribution in [0.3, 0.4) is 0 Å². The fourth-order valence-corrected chi connectivity index (χ4v) is 2.00. The summed E-state index contributed by atoms with van der Waals surface area (Å²) in [5.41, 5.74) is 0. The molecule has 0 spiro atoms. The van der Waals surface area contributed by atoms with E-state index in [4.69, 9.17) is 9.47 Å². The van der Waals surface area contributed by atoms with Gasteiger partial charge in [0.25, 0.3) is 5.91 Å². The summed E-state index contributed by atoms with van der Waals surface area (Å²) in [6, 6.07) is 0.369. The predicted octanol–water partition coefficient (Wildman–Crippen LogP) is 0.461. The molecule has 4 nitrogen and oxygen atoms in total. The lowest BCUT2D eigenvalue weighted by molar-refractivity contribution is -0.148. The van der Waals surface area contributed by atoms with Crippen LogP contribution in [0, 0.1) is 0 Å². The molecule has 0 aromatic carbocycles. The number of carbonyl (C=O) groups excluding carboxylic acids is 1. The zero-order valence-electron chi connectivity index (χ0n) is 8.33. The third kappa shape index (κ3) is 2.45. The van der Waals surface area contributed by atoms with E-state index in [1.807, 2.05) is 0 Å². The number of hydrogen-bond acceptors (Lipinski definition) is 3. The zero-order chi connectivity index (χ0) is 9.80. The standard InChI is InChI=1S/C10H17NO3/c12-10(9-7-13-5-6-14-9)11-8-3-1-2-4-8/h8-9H,1-7H2,(H,11,12). The molecule has 1 saturated heterocycles. The van der Waals surface area contributed by atoms with E-state index >= 15 is 0 Å². The van der Waals surface area contributed by atoms with Crippen molar-refractivity contribution in [3.05, 3.63) is 0 Å². The summed E-state index contributed by atoms with van der Waals surface area (Å²) < 4.78 is 10.5. The average molecular weight is 199 g/mol. The fourth-order valence-electron chi connectivity index (χ4n) is 2.00. The maximum Gasteiger partial charge on any atom is 0.251 e. The van der Waals surface area contributed by atoms with E-state index in [1.54, 1.807) is 0 Å². The summed E-state index contributed by atoms with van der Waals surface area (Å²) in [5.74, 6) is -0.00315. The Bertz CT molecular complexity index is 196. The molecule has 1 saturated carbocycles. The highest BCUT2D eigenvalue weighted by Crippen LogP contribution is 2.17. The van der Waals surface area contributed by atoms with Crippen LogP contribution in [0.4, 0.5) is 0 Å². The highest BCUT2D eigenvalue weighted by Gasteiger charge is 2.25. The summed E-state index contributed by atoms with van der Waals surface area (Å²) in [6.07, 6.45) is 4.29. The minimum Gasteiger partial charge on any atom is -0.376 e. The van der Waals surface area contributed by atoms with Crippen molar-refractivity contribution in [3.63, 3.8) is 0 Å². The van der Waals surface area contributed by atoms with Gasteiger partial charge in [-0.25, -0.2) is 0 Å². The third-order valence-electron chi connectivity index (χ3n) is 2.81. The average Bonchev–Trinajstić information content (AvgIpc) is 2.72. The van der Waals surface area contributed by atoms with Crippen LogP contribution in [0.5, 0.6) is 0 Å². The molecule has 4 heteroatoms. The Morgan fingerprint density at radius 3 is 2.64 bits per heavy atom. The van der Waals surface area contributed by atoms with E-state index in [0.29, 0.717) is 25.9 Å². The van der Waals surface area contributed by atoms with Gasteiger partial charge in [0.1, 0.15) is 0 Å². The third-order valence-corrected chi connectivity index (χ3v) is 2.81. The molecule has 0 radical (unpaired) electrons. The minimum atomic E-state index is -0.385. The van der Waals surface area contributed by atoms with Crippen LogP contribution in [0.15, 0.2) is 0 Å². The molecule has 1 aliphatic heterocycles. The molecule has 0 aromatic heterocycles. The Hall–Kier alpha value is -0.610. The lowest BCUT2D eigenvalue weighted by Gasteiger charge is -2.23. The van der Waals surface area contributed by atoms with E-state index < -0.39 is 0 Å². The Morgan fingerprint density at radius 2 is 2.00 bits per heavy atom. The van der Waals surface area contributed by atoms with Crippen molar-refractivity contribution in [2.75, 3.05) is 19.8 Å². The molecule has 1 N–H and O–H groups in total. The van der Waals surface area contributed by atoms with Gasteiger partial charge in [-0.2, -0.15) is 0 Å². The summed E-state index contributed by atoms with van der Waals surface area (Å²) in [4.78, 5) is 11.6. The van der Waals surface area contributed by atoms with Crippen molar-refractivity contribution in [1.29, 1.82) is 0 Å². The molecule has 1 unspecified atom stereocenters. The van der Waals surface area contributed by atoms with Gasteiger partial charge in [0, 0.05) is 6.04 Å². The van der Waals surface area contributed by atoms with Gasteiger partial charge < -0.3 is 14.8 Å². The number of ether oxygens (including phenoxy) is 2. The molecule has 1 aliphatic carbocycles. The Balaban J connectivity index is 1.75. The summed E-state index contributed by atoms with van der Waals surface area (Å²) >= 11 is 0. The number of rotatable bonds is 2. The van der Waals surface area contributed by atoms with E-state index in [1.165, 1.54) is 12.8 Å². The normalized spacial score (nSPS) is 29.0. The largest absolute Gasteiger partial charge is 0.376 e. The monoisotopic (exact) mass is 199 g/mol. The van der Waals surface area contributed by atoms with Crippen LogP contribution in [0.25, 0.3) is 0 Å².